The molecule has 3 aromatic rings. The minimum atomic E-state index is -0.0406. The van der Waals surface area contributed by atoms with Gasteiger partial charge in [-0.05, 0) is 35.4 Å². The molecule has 106 valence electrons. The van der Waals surface area contributed by atoms with Crippen LogP contribution in [0.3, 0.4) is 0 Å². The van der Waals surface area contributed by atoms with E-state index in [-0.39, 0.29) is 12.6 Å². The van der Waals surface area contributed by atoms with Crippen LogP contribution < -0.4 is 5.32 Å². The smallest absolute Gasteiger partial charge is 0.130 e. The second kappa shape index (κ2) is 6.29. The minimum Gasteiger partial charge on any atom is -0.467 e. The Hall–Kier alpha value is -2.52. The van der Waals surface area contributed by atoms with Crippen molar-refractivity contribution in [1.29, 1.82) is 0 Å². The number of furan rings is 1. The second-order valence-corrected chi connectivity index (χ2v) is 4.86. The SMILES string of the molecule is OCc1ccc(NC(c2ccccc2)c2ccco2)cc1. The molecule has 0 aliphatic rings. The summed E-state index contributed by atoms with van der Waals surface area (Å²) in [6.45, 7) is 0.0561. The Kier molecular flexibility index (Phi) is 4.03. The van der Waals surface area contributed by atoms with Gasteiger partial charge in [-0.2, -0.15) is 0 Å². The third-order valence-electron chi connectivity index (χ3n) is 3.41. The van der Waals surface area contributed by atoms with E-state index in [4.69, 9.17) is 9.52 Å². The molecule has 2 N–H and O–H groups in total. The Morgan fingerprint density at radius 3 is 2.29 bits per heavy atom. The van der Waals surface area contributed by atoms with Gasteiger partial charge in [0.15, 0.2) is 0 Å². The van der Waals surface area contributed by atoms with E-state index in [0.717, 1.165) is 22.6 Å². The Bertz CT molecular complexity index is 660. The Labute approximate surface area is 123 Å². The van der Waals surface area contributed by atoms with Crippen LogP contribution in [0.2, 0.25) is 0 Å². The van der Waals surface area contributed by atoms with Crippen molar-refractivity contribution < 1.29 is 9.52 Å². The van der Waals surface area contributed by atoms with Gasteiger partial charge in [0.1, 0.15) is 11.8 Å². The first kappa shape index (κ1) is 13.5. The van der Waals surface area contributed by atoms with Crippen LogP contribution in [0.5, 0.6) is 0 Å². The number of anilines is 1. The third-order valence-corrected chi connectivity index (χ3v) is 3.41. The maximum atomic E-state index is 9.10. The summed E-state index contributed by atoms with van der Waals surface area (Å²) in [7, 11) is 0. The summed E-state index contributed by atoms with van der Waals surface area (Å²) in [5, 5.41) is 12.6. The average molecular weight is 279 g/mol. The fourth-order valence-corrected chi connectivity index (χ4v) is 2.29. The van der Waals surface area contributed by atoms with Crippen LogP contribution in [-0.2, 0) is 6.61 Å². The molecule has 21 heavy (non-hydrogen) atoms. The molecule has 1 heterocycles. The highest BCUT2D eigenvalue weighted by molar-refractivity contribution is 5.49. The van der Waals surface area contributed by atoms with Gasteiger partial charge in [0.2, 0.25) is 0 Å². The van der Waals surface area contributed by atoms with Crippen LogP contribution in [-0.4, -0.2) is 5.11 Å². The van der Waals surface area contributed by atoms with Crippen molar-refractivity contribution in [3.05, 3.63) is 89.9 Å². The van der Waals surface area contributed by atoms with Crippen molar-refractivity contribution in [2.24, 2.45) is 0 Å². The fourth-order valence-electron chi connectivity index (χ4n) is 2.29. The van der Waals surface area contributed by atoms with Crippen LogP contribution in [0.1, 0.15) is 22.9 Å². The molecule has 1 atom stereocenters. The molecule has 3 rings (SSSR count). The van der Waals surface area contributed by atoms with Gasteiger partial charge in [-0.1, -0.05) is 42.5 Å². The lowest BCUT2D eigenvalue weighted by molar-refractivity contribution is 0.282. The summed E-state index contributed by atoms with van der Waals surface area (Å²) in [5.41, 5.74) is 3.02. The van der Waals surface area contributed by atoms with E-state index in [1.807, 2.05) is 54.6 Å². The molecule has 2 aromatic carbocycles. The molecular formula is C18H17NO2. The lowest BCUT2D eigenvalue weighted by Crippen LogP contribution is -2.11. The zero-order valence-electron chi connectivity index (χ0n) is 11.6. The molecule has 0 bridgehead atoms. The van der Waals surface area contributed by atoms with Gasteiger partial charge in [0.05, 0.1) is 12.9 Å². The number of hydrogen-bond acceptors (Lipinski definition) is 3. The molecule has 1 unspecified atom stereocenters. The predicted octanol–water partition coefficient (Wildman–Crippen LogP) is 3.97. The Morgan fingerprint density at radius 2 is 1.67 bits per heavy atom. The van der Waals surface area contributed by atoms with Crippen LogP contribution in [0, 0.1) is 0 Å². The van der Waals surface area contributed by atoms with Gasteiger partial charge in [-0.15, -0.1) is 0 Å². The minimum absolute atomic E-state index is 0.0406. The summed E-state index contributed by atoms with van der Waals surface area (Å²) in [5.74, 6) is 0.868. The first-order valence-electron chi connectivity index (χ1n) is 6.91. The molecule has 0 amide bonds. The predicted molar refractivity (Wildman–Crippen MR) is 83.0 cm³/mol. The molecule has 0 aliphatic carbocycles. The van der Waals surface area contributed by atoms with Crippen LogP contribution in [0.25, 0.3) is 0 Å². The lowest BCUT2D eigenvalue weighted by Gasteiger charge is -2.18. The van der Waals surface area contributed by atoms with Crippen molar-refractivity contribution in [3.63, 3.8) is 0 Å². The standard InChI is InChI=1S/C18H17NO2/c20-13-14-8-10-16(11-9-14)19-18(17-7-4-12-21-17)15-5-2-1-3-6-15/h1-12,18-20H,13H2. The zero-order chi connectivity index (χ0) is 14.5. The van der Waals surface area contributed by atoms with Gasteiger partial charge in [0, 0.05) is 5.69 Å². The molecule has 0 fully saturated rings. The highest BCUT2D eigenvalue weighted by Gasteiger charge is 2.16. The molecule has 3 heteroatoms. The number of hydrogen-bond donors (Lipinski definition) is 2. The van der Waals surface area contributed by atoms with Crippen molar-refractivity contribution in [2.45, 2.75) is 12.6 Å². The molecule has 0 spiro atoms. The fraction of sp³-hybridized carbons (Fsp3) is 0.111. The molecule has 0 saturated carbocycles. The maximum Gasteiger partial charge on any atom is 0.130 e. The number of aliphatic hydroxyl groups excluding tert-OH is 1. The van der Waals surface area contributed by atoms with Crippen molar-refractivity contribution in [3.8, 4) is 0 Å². The van der Waals surface area contributed by atoms with Gasteiger partial charge in [-0.25, -0.2) is 0 Å². The van der Waals surface area contributed by atoms with Crippen molar-refractivity contribution >= 4 is 5.69 Å². The topological polar surface area (TPSA) is 45.4 Å². The van der Waals surface area contributed by atoms with E-state index in [9.17, 15) is 0 Å². The van der Waals surface area contributed by atoms with E-state index in [1.165, 1.54) is 0 Å². The quantitative estimate of drug-likeness (QED) is 0.742. The monoisotopic (exact) mass is 279 g/mol. The second-order valence-electron chi connectivity index (χ2n) is 4.86. The molecular weight excluding hydrogens is 262 g/mol. The molecule has 0 aliphatic heterocycles. The maximum absolute atomic E-state index is 9.10. The number of aliphatic hydroxyl groups is 1. The van der Waals surface area contributed by atoms with Crippen LogP contribution in [0.15, 0.2) is 77.4 Å². The Morgan fingerprint density at radius 1 is 0.905 bits per heavy atom. The molecule has 1 aromatic heterocycles. The van der Waals surface area contributed by atoms with E-state index < -0.39 is 0 Å². The average Bonchev–Trinajstić information content (AvgIpc) is 3.08. The van der Waals surface area contributed by atoms with Crippen molar-refractivity contribution in [1.82, 2.24) is 0 Å². The summed E-state index contributed by atoms with van der Waals surface area (Å²) in [6.07, 6.45) is 1.68. The molecule has 3 nitrogen and oxygen atoms in total. The Balaban J connectivity index is 1.89. The summed E-state index contributed by atoms with van der Waals surface area (Å²) < 4.78 is 5.56. The van der Waals surface area contributed by atoms with Gasteiger partial charge in [0.25, 0.3) is 0 Å². The first-order valence-corrected chi connectivity index (χ1v) is 6.91. The van der Waals surface area contributed by atoms with Crippen LogP contribution >= 0.6 is 0 Å². The van der Waals surface area contributed by atoms with Gasteiger partial charge < -0.3 is 14.8 Å². The van der Waals surface area contributed by atoms with E-state index in [1.54, 1.807) is 6.26 Å². The lowest BCUT2D eigenvalue weighted by atomic mass is 10.0. The summed E-state index contributed by atoms with van der Waals surface area (Å²) in [6, 6.07) is 21.7. The van der Waals surface area contributed by atoms with Crippen LogP contribution in [0.4, 0.5) is 5.69 Å². The summed E-state index contributed by atoms with van der Waals surface area (Å²) in [4.78, 5) is 0. The van der Waals surface area contributed by atoms with E-state index in [2.05, 4.69) is 17.4 Å². The van der Waals surface area contributed by atoms with E-state index in [0.29, 0.717) is 0 Å². The largest absolute Gasteiger partial charge is 0.467 e. The van der Waals surface area contributed by atoms with Gasteiger partial charge in [-0.3, -0.25) is 0 Å². The van der Waals surface area contributed by atoms with E-state index >= 15 is 0 Å². The first-order chi connectivity index (χ1) is 10.4. The zero-order valence-corrected chi connectivity index (χ0v) is 11.6. The van der Waals surface area contributed by atoms with Crippen molar-refractivity contribution in [2.75, 3.05) is 5.32 Å². The molecule has 0 radical (unpaired) electrons. The number of nitrogens with one attached hydrogen (secondary N) is 1. The summed E-state index contributed by atoms with van der Waals surface area (Å²) >= 11 is 0. The highest BCUT2D eigenvalue weighted by atomic mass is 16.3. The van der Waals surface area contributed by atoms with Gasteiger partial charge >= 0.3 is 0 Å². The normalized spacial score (nSPS) is 12.0. The number of rotatable bonds is 5. The molecule has 0 saturated heterocycles. The number of benzene rings is 2. The highest BCUT2D eigenvalue weighted by Crippen LogP contribution is 2.27. The third kappa shape index (κ3) is 3.15.